The van der Waals surface area contributed by atoms with Crippen molar-refractivity contribution in [3.05, 3.63) is 71.8 Å². The average Bonchev–Trinajstić information content (AvgIpc) is 3.05. The van der Waals surface area contributed by atoms with E-state index in [9.17, 15) is 23.1 Å². The van der Waals surface area contributed by atoms with Gasteiger partial charge in [-0.15, -0.1) is 0 Å². The summed E-state index contributed by atoms with van der Waals surface area (Å²) in [6.45, 7) is 9.29. The van der Waals surface area contributed by atoms with Crippen LogP contribution in [0.1, 0.15) is 90.2 Å². The zero-order valence-corrected chi connectivity index (χ0v) is 32.9. The fourth-order valence-electron chi connectivity index (χ4n) is 4.25. The largest absolute Gasteiger partial charge is 0.504 e. The molecular formula is C36H56N2O13S2. The number of methoxy groups -OCH3 is 2. The Bertz CT molecular complexity index is 1650. The van der Waals surface area contributed by atoms with Crippen LogP contribution in [-0.2, 0) is 43.5 Å². The summed E-state index contributed by atoms with van der Waals surface area (Å²) in [5.41, 5.74) is 1.63. The first-order valence-electron chi connectivity index (χ1n) is 17.0. The van der Waals surface area contributed by atoms with Gasteiger partial charge in [0.25, 0.3) is 0 Å². The summed E-state index contributed by atoms with van der Waals surface area (Å²) >= 11 is 0. The van der Waals surface area contributed by atoms with Crippen molar-refractivity contribution >= 4 is 32.6 Å². The number of hydrogen-bond donors (Lipinski definition) is 6. The SMILES string of the molecule is COc1cc(CNC(=O)CCCC/C=C/C(C)C)ccc1O.COc1cc(CNC(=O)CCCC/C=C/C(C)C)ccc1OS(=O)(=O)O.O=S(=O)(O)O. The molecule has 300 valence electrons. The lowest BCUT2D eigenvalue weighted by atomic mass is 10.1. The molecular weight excluding hydrogens is 733 g/mol. The van der Waals surface area contributed by atoms with Gasteiger partial charge in [-0.3, -0.25) is 23.2 Å². The van der Waals surface area contributed by atoms with Crippen LogP contribution >= 0.6 is 0 Å². The number of carbonyl (C=O) groups is 2. The van der Waals surface area contributed by atoms with E-state index in [1.165, 1.54) is 26.4 Å². The number of carbonyl (C=O) groups excluding carboxylic acids is 2. The van der Waals surface area contributed by atoms with Gasteiger partial charge in [-0.1, -0.05) is 64.1 Å². The van der Waals surface area contributed by atoms with Crippen molar-refractivity contribution in [2.45, 2.75) is 92.2 Å². The Hall–Kier alpha value is -4.16. The molecule has 0 saturated carbocycles. The van der Waals surface area contributed by atoms with E-state index >= 15 is 0 Å². The predicted molar refractivity (Wildman–Crippen MR) is 203 cm³/mol. The van der Waals surface area contributed by atoms with Crippen molar-refractivity contribution in [2.75, 3.05) is 14.2 Å². The van der Waals surface area contributed by atoms with Crippen molar-refractivity contribution in [2.24, 2.45) is 11.8 Å². The zero-order chi connectivity index (χ0) is 40.5. The highest BCUT2D eigenvalue weighted by molar-refractivity contribution is 7.81. The number of amides is 2. The number of ether oxygens (including phenoxy) is 2. The van der Waals surface area contributed by atoms with Crippen molar-refractivity contribution in [3.63, 3.8) is 0 Å². The maximum atomic E-state index is 11.9. The molecule has 0 aromatic heterocycles. The van der Waals surface area contributed by atoms with Crippen LogP contribution in [0.3, 0.4) is 0 Å². The van der Waals surface area contributed by atoms with Gasteiger partial charge in [-0.2, -0.15) is 16.8 Å². The quantitative estimate of drug-likeness (QED) is 0.0485. The first-order chi connectivity index (χ1) is 24.7. The van der Waals surface area contributed by atoms with Gasteiger partial charge < -0.3 is 29.4 Å². The van der Waals surface area contributed by atoms with Crippen molar-refractivity contribution in [3.8, 4) is 23.0 Å². The van der Waals surface area contributed by atoms with E-state index in [1.54, 1.807) is 24.3 Å². The van der Waals surface area contributed by atoms with E-state index in [1.807, 2.05) is 0 Å². The van der Waals surface area contributed by atoms with Gasteiger partial charge in [-0.25, -0.2) is 0 Å². The highest BCUT2D eigenvalue weighted by atomic mass is 32.3. The highest BCUT2D eigenvalue weighted by Crippen LogP contribution is 2.29. The topological polar surface area (TPSA) is 235 Å². The second-order valence-corrected chi connectivity index (χ2v) is 14.3. The van der Waals surface area contributed by atoms with Crippen LogP contribution in [0.4, 0.5) is 0 Å². The summed E-state index contributed by atoms with van der Waals surface area (Å²) in [7, 11) is -6.44. The van der Waals surface area contributed by atoms with Crippen molar-refractivity contribution < 1.29 is 58.8 Å². The highest BCUT2D eigenvalue weighted by Gasteiger charge is 2.13. The summed E-state index contributed by atoms with van der Waals surface area (Å²) in [5, 5.41) is 15.2. The van der Waals surface area contributed by atoms with Crippen LogP contribution in [0.5, 0.6) is 23.0 Å². The summed E-state index contributed by atoms with van der Waals surface area (Å²) < 4.78 is 76.4. The third-order valence-electron chi connectivity index (χ3n) is 6.74. The molecule has 2 amide bonds. The van der Waals surface area contributed by atoms with Gasteiger partial charge in [-0.05, 0) is 85.8 Å². The van der Waals surface area contributed by atoms with E-state index in [0.717, 1.165) is 49.7 Å². The summed E-state index contributed by atoms with van der Waals surface area (Å²) in [5.74, 6) is 1.69. The van der Waals surface area contributed by atoms with Gasteiger partial charge in [0.1, 0.15) is 0 Å². The molecule has 53 heavy (non-hydrogen) atoms. The molecule has 0 heterocycles. The predicted octanol–water partition coefficient (Wildman–Crippen LogP) is 6.40. The van der Waals surface area contributed by atoms with E-state index in [4.69, 9.17) is 31.5 Å². The summed E-state index contributed by atoms with van der Waals surface area (Å²) in [6.07, 6.45) is 15.4. The number of benzene rings is 2. The minimum absolute atomic E-state index is 0.0462. The first-order valence-corrected chi connectivity index (χ1v) is 19.8. The number of phenolic OH excluding ortho intramolecular Hbond substituents is 1. The number of hydrogen-bond acceptors (Lipinski definition) is 10. The zero-order valence-electron chi connectivity index (χ0n) is 31.3. The average molecular weight is 789 g/mol. The first kappa shape index (κ1) is 48.8. The molecule has 0 unspecified atom stereocenters. The van der Waals surface area contributed by atoms with Crippen molar-refractivity contribution in [1.82, 2.24) is 10.6 Å². The Kier molecular flexibility index (Phi) is 24.5. The lowest BCUT2D eigenvalue weighted by Gasteiger charge is -2.10. The van der Waals surface area contributed by atoms with E-state index < -0.39 is 20.8 Å². The molecule has 0 aliphatic rings. The Morgan fingerprint density at radius 1 is 0.679 bits per heavy atom. The molecule has 17 heteroatoms. The number of nitrogens with one attached hydrogen (secondary N) is 2. The normalized spacial score (nSPS) is 11.5. The van der Waals surface area contributed by atoms with Crippen LogP contribution in [-0.4, -0.2) is 61.6 Å². The molecule has 0 fully saturated rings. The Morgan fingerprint density at radius 2 is 1.09 bits per heavy atom. The molecule has 2 rings (SSSR count). The maximum absolute atomic E-state index is 11.9. The van der Waals surface area contributed by atoms with E-state index in [0.29, 0.717) is 37.0 Å². The number of phenols is 1. The smallest absolute Gasteiger partial charge is 0.446 e. The fraction of sp³-hybridized carbons (Fsp3) is 0.500. The Morgan fingerprint density at radius 3 is 1.49 bits per heavy atom. The van der Waals surface area contributed by atoms with Gasteiger partial charge in [0.15, 0.2) is 23.0 Å². The number of unbranched alkanes of at least 4 members (excludes halogenated alkanes) is 4. The Labute approximate surface area is 314 Å². The minimum Gasteiger partial charge on any atom is -0.504 e. The minimum atomic E-state index is -4.67. The van der Waals surface area contributed by atoms with Crippen molar-refractivity contribution in [1.29, 1.82) is 0 Å². The standard InChI is InChI=1S/C18H27NO6S.C18H27NO3.H2O4S/c1-14(2)8-6-4-5-7-9-18(20)19-13-15-10-11-16(17(12-15)24-3)25-26(21,22)23;1-14(2)8-6-4-5-7-9-18(21)19-13-15-10-11-16(20)17(12-15)22-3;1-5(2,3)4/h6,8,10-12,14H,4-5,7,9,13H2,1-3H3,(H,19,20)(H,21,22,23);6,8,10-12,14,20H,4-5,7,9,13H2,1-3H3,(H,19,21);(H2,1,2,3,4)/b2*8-6+;. The monoisotopic (exact) mass is 788 g/mol. The van der Waals surface area contributed by atoms with Crippen LogP contribution in [0.2, 0.25) is 0 Å². The van der Waals surface area contributed by atoms with E-state index in [2.05, 4.69) is 66.8 Å². The molecule has 0 saturated heterocycles. The van der Waals surface area contributed by atoms with Crippen LogP contribution < -0.4 is 24.3 Å². The molecule has 0 aliphatic heterocycles. The third kappa shape index (κ3) is 29.0. The van der Waals surface area contributed by atoms with Gasteiger partial charge in [0, 0.05) is 25.9 Å². The number of aromatic hydroxyl groups is 1. The fourth-order valence-corrected chi connectivity index (χ4v) is 4.61. The van der Waals surface area contributed by atoms with Crippen LogP contribution in [0.15, 0.2) is 60.7 Å². The second kappa shape index (κ2) is 26.6. The molecule has 0 bridgehead atoms. The van der Waals surface area contributed by atoms with Crippen LogP contribution in [0.25, 0.3) is 0 Å². The molecule has 0 atom stereocenters. The number of rotatable bonds is 20. The molecule has 15 nitrogen and oxygen atoms in total. The molecule has 2 aromatic rings. The molecule has 0 radical (unpaired) electrons. The molecule has 0 aliphatic carbocycles. The maximum Gasteiger partial charge on any atom is 0.446 e. The van der Waals surface area contributed by atoms with Gasteiger partial charge in [0.2, 0.25) is 11.8 Å². The van der Waals surface area contributed by atoms with Gasteiger partial charge >= 0.3 is 20.8 Å². The molecule has 0 spiro atoms. The summed E-state index contributed by atoms with van der Waals surface area (Å²) in [4.78, 5) is 23.6. The number of allylic oxidation sites excluding steroid dienone is 4. The molecule has 6 N–H and O–H groups in total. The third-order valence-corrected chi connectivity index (χ3v) is 7.13. The lowest BCUT2D eigenvalue weighted by molar-refractivity contribution is -0.122. The Balaban J connectivity index is 0.000000913. The molecule has 2 aromatic carbocycles. The van der Waals surface area contributed by atoms with E-state index in [-0.39, 0.29) is 35.6 Å². The van der Waals surface area contributed by atoms with Gasteiger partial charge in [0.05, 0.1) is 14.2 Å². The second-order valence-electron chi connectivity index (χ2n) is 12.3. The lowest BCUT2D eigenvalue weighted by Crippen LogP contribution is -2.22. The summed E-state index contributed by atoms with van der Waals surface area (Å²) in [6, 6.07) is 9.55. The van der Waals surface area contributed by atoms with Crippen LogP contribution in [0, 0.1) is 11.8 Å².